The van der Waals surface area contributed by atoms with E-state index < -0.39 is 5.60 Å². The summed E-state index contributed by atoms with van der Waals surface area (Å²) in [6.45, 7) is 14.9. The molecule has 1 atom stereocenters. The molecule has 0 aromatic rings. The van der Waals surface area contributed by atoms with Crippen LogP contribution in [0.2, 0.25) is 0 Å². The van der Waals surface area contributed by atoms with E-state index in [4.69, 9.17) is 4.74 Å². The Morgan fingerprint density at radius 2 is 1.69 bits per heavy atom. The van der Waals surface area contributed by atoms with Crippen molar-refractivity contribution >= 4 is 5.97 Å². The van der Waals surface area contributed by atoms with Gasteiger partial charge in [0.1, 0.15) is 11.6 Å². The van der Waals surface area contributed by atoms with Gasteiger partial charge in [0.05, 0.1) is 0 Å². The van der Waals surface area contributed by atoms with Crippen LogP contribution in [0, 0.1) is 5.41 Å². The van der Waals surface area contributed by atoms with Gasteiger partial charge in [0, 0.05) is 0 Å². The van der Waals surface area contributed by atoms with Crippen molar-refractivity contribution in [2.45, 2.75) is 66.5 Å². The van der Waals surface area contributed by atoms with Crippen molar-refractivity contribution in [1.29, 1.82) is 0 Å². The number of carbonyl (C=O) groups is 1. The Morgan fingerprint density at radius 3 is 2.06 bits per heavy atom. The zero-order valence-electron chi connectivity index (χ0n) is 11.8. The Hall–Kier alpha value is -0.570. The van der Waals surface area contributed by atoms with Crippen LogP contribution >= 0.6 is 0 Å². The number of hydrogen-bond acceptors (Lipinski definition) is 3. The summed E-state index contributed by atoms with van der Waals surface area (Å²) in [7, 11) is 0. The summed E-state index contributed by atoms with van der Waals surface area (Å²) in [6, 6.07) is -0.235. The van der Waals surface area contributed by atoms with Crippen molar-refractivity contribution in [3.8, 4) is 0 Å². The predicted octanol–water partition coefficient (Wildman–Crippen LogP) is 2.74. The predicted molar refractivity (Wildman–Crippen MR) is 67.4 cm³/mol. The number of carbonyl (C=O) groups excluding carboxylic acids is 1. The summed E-state index contributed by atoms with van der Waals surface area (Å²) in [4.78, 5) is 11.6. The van der Waals surface area contributed by atoms with Crippen molar-refractivity contribution in [1.82, 2.24) is 5.32 Å². The molecule has 96 valence electrons. The molecule has 16 heavy (non-hydrogen) atoms. The first-order valence-electron chi connectivity index (χ1n) is 5.97. The van der Waals surface area contributed by atoms with Crippen LogP contribution in [-0.4, -0.2) is 24.2 Å². The minimum atomic E-state index is -0.406. The normalized spacial score (nSPS) is 14.7. The van der Waals surface area contributed by atoms with Gasteiger partial charge in [-0.25, -0.2) is 0 Å². The van der Waals surface area contributed by atoms with E-state index >= 15 is 0 Å². The van der Waals surface area contributed by atoms with E-state index in [9.17, 15) is 4.79 Å². The van der Waals surface area contributed by atoms with Gasteiger partial charge in [-0.3, -0.25) is 4.79 Å². The molecular weight excluding hydrogens is 202 g/mol. The third-order valence-electron chi connectivity index (χ3n) is 2.09. The molecule has 0 amide bonds. The molecule has 0 spiro atoms. The third-order valence-corrected chi connectivity index (χ3v) is 2.09. The van der Waals surface area contributed by atoms with Gasteiger partial charge in [0.2, 0.25) is 0 Å². The number of hydrogen-bond donors (Lipinski definition) is 1. The Labute approximate surface area is 99.9 Å². The summed E-state index contributed by atoms with van der Waals surface area (Å²) in [5, 5.41) is 3.19. The van der Waals surface area contributed by atoms with E-state index in [1.807, 2.05) is 27.7 Å². The molecule has 0 bridgehead atoms. The second-order valence-corrected chi connectivity index (χ2v) is 6.52. The zero-order chi connectivity index (χ0) is 13.0. The first kappa shape index (κ1) is 15.4. The molecule has 0 aliphatic rings. The molecule has 0 saturated carbocycles. The van der Waals surface area contributed by atoms with Crippen LogP contribution < -0.4 is 5.32 Å². The van der Waals surface area contributed by atoms with E-state index in [1.165, 1.54) is 0 Å². The SMILES string of the molecule is C[C@H](NCCC(C)(C)C)C(=O)OC(C)(C)C. The van der Waals surface area contributed by atoms with Crippen LogP contribution in [0.3, 0.4) is 0 Å². The smallest absolute Gasteiger partial charge is 0.323 e. The van der Waals surface area contributed by atoms with Crippen molar-refractivity contribution in [3.05, 3.63) is 0 Å². The van der Waals surface area contributed by atoms with Crippen LogP contribution in [0.5, 0.6) is 0 Å². The summed E-state index contributed by atoms with van der Waals surface area (Å²) in [5.74, 6) is -0.179. The maximum atomic E-state index is 11.6. The fourth-order valence-electron chi connectivity index (χ4n) is 1.14. The molecule has 3 heteroatoms. The maximum absolute atomic E-state index is 11.6. The van der Waals surface area contributed by atoms with Crippen molar-refractivity contribution in [3.63, 3.8) is 0 Å². The molecule has 0 aliphatic heterocycles. The lowest BCUT2D eigenvalue weighted by Gasteiger charge is -2.24. The molecule has 0 aromatic heterocycles. The Kier molecular flexibility index (Phi) is 5.47. The lowest BCUT2D eigenvalue weighted by molar-refractivity contribution is -0.157. The number of rotatable bonds is 4. The monoisotopic (exact) mass is 229 g/mol. The van der Waals surface area contributed by atoms with E-state index in [-0.39, 0.29) is 12.0 Å². The molecule has 0 saturated heterocycles. The summed E-state index contributed by atoms with van der Waals surface area (Å²) < 4.78 is 5.28. The lowest BCUT2D eigenvalue weighted by Crippen LogP contribution is -2.40. The molecule has 0 heterocycles. The summed E-state index contributed by atoms with van der Waals surface area (Å²) in [6.07, 6.45) is 1.04. The Bertz CT molecular complexity index is 223. The van der Waals surface area contributed by atoms with Crippen molar-refractivity contribution < 1.29 is 9.53 Å². The van der Waals surface area contributed by atoms with Crippen molar-refractivity contribution in [2.24, 2.45) is 5.41 Å². The highest BCUT2D eigenvalue weighted by molar-refractivity contribution is 5.75. The fourth-order valence-corrected chi connectivity index (χ4v) is 1.14. The van der Waals surface area contributed by atoms with Crippen molar-refractivity contribution in [2.75, 3.05) is 6.54 Å². The summed E-state index contributed by atoms with van der Waals surface area (Å²) in [5.41, 5.74) is -0.113. The van der Waals surface area contributed by atoms with Gasteiger partial charge in [0.25, 0.3) is 0 Å². The van der Waals surface area contributed by atoms with Gasteiger partial charge in [0.15, 0.2) is 0 Å². The standard InChI is InChI=1S/C13H27NO2/c1-10(11(15)16-13(5,6)7)14-9-8-12(2,3)4/h10,14H,8-9H2,1-7H3/t10-/m0/s1. The Morgan fingerprint density at radius 1 is 1.19 bits per heavy atom. The highest BCUT2D eigenvalue weighted by atomic mass is 16.6. The van der Waals surface area contributed by atoms with Crippen LogP contribution in [-0.2, 0) is 9.53 Å². The zero-order valence-corrected chi connectivity index (χ0v) is 11.8. The number of nitrogens with one attached hydrogen (secondary N) is 1. The van der Waals surface area contributed by atoms with Crippen LogP contribution in [0.15, 0.2) is 0 Å². The van der Waals surface area contributed by atoms with E-state index in [0.717, 1.165) is 13.0 Å². The first-order chi connectivity index (χ1) is 7.01. The van der Waals surface area contributed by atoms with E-state index in [2.05, 4.69) is 26.1 Å². The minimum absolute atomic E-state index is 0.179. The molecule has 0 radical (unpaired) electrons. The van der Waals surface area contributed by atoms with Gasteiger partial charge in [-0.2, -0.15) is 0 Å². The molecule has 0 aliphatic carbocycles. The van der Waals surface area contributed by atoms with Gasteiger partial charge >= 0.3 is 5.97 Å². The largest absolute Gasteiger partial charge is 0.459 e. The topological polar surface area (TPSA) is 38.3 Å². The van der Waals surface area contributed by atoms with Gasteiger partial charge in [-0.1, -0.05) is 20.8 Å². The van der Waals surface area contributed by atoms with Gasteiger partial charge < -0.3 is 10.1 Å². The van der Waals surface area contributed by atoms with Gasteiger partial charge in [-0.05, 0) is 46.1 Å². The van der Waals surface area contributed by atoms with Crippen LogP contribution in [0.25, 0.3) is 0 Å². The molecule has 3 nitrogen and oxygen atoms in total. The quantitative estimate of drug-likeness (QED) is 0.753. The second kappa shape index (κ2) is 5.67. The van der Waals surface area contributed by atoms with E-state index in [0.29, 0.717) is 5.41 Å². The van der Waals surface area contributed by atoms with Crippen LogP contribution in [0.4, 0.5) is 0 Å². The molecule has 0 aromatic carbocycles. The molecule has 1 N–H and O–H groups in total. The minimum Gasteiger partial charge on any atom is -0.459 e. The number of esters is 1. The van der Waals surface area contributed by atoms with E-state index in [1.54, 1.807) is 0 Å². The Balaban J connectivity index is 3.89. The highest BCUT2D eigenvalue weighted by Gasteiger charge is 2.21. The van der Waals surface area contributed by atoms with Crippen LogP contribution in [0.1, 0.15) is 54.9 Å². The average molecular weight is 229 g/mol. The molecule has 0 rings (SSSR count). The maximum Gasteiger partial charge on any atom is 0.323 e. The molecule has 0 fully saturated rings. The third kappa shape index (κ3) is 8.72. The number of ether oxygens (including phenoxy) is 1. The van der Waals surface area contributed by atoms with Gasteiger partial charge in [-0.15, -0.1) is 0 Å². The average Bonchev–Trinajstić information content (AvgIpc) is 1.98. The first-order valence-corrected chi connectivity index (χ1v) is 5.97. The lowest BCUT2D eigenvalue weighted by atomic mass is 9.92. The molecule has 0 unspecified atom stereocenters. The second-order valence-electron chi connectivity index (χ2n) is 6.52. The summed E-state index contributed by atoms with van der Waals surface area (Å²) >= 11 is 0. The fraction of sp³-hybridized carbons (Fsp3) is 0.923. The molecular formula is C13H27NO2. The highest BCUT2D eigenvalue weighted by Crippen LogP contribution is 2.17.